The van der Waals surface area contributed by atoms with Crippen LogP contribution < -0.4 is 0 Å². The first kappa shape index (κ1) is 19.0. The smallest absolute Gasteiger partial charge is 0.115 e. The van der Waals surface area contributed by atoms with Gasteiger partial charge in [-0.05, 0) is 59.4 Å². The van der Waals surface area contributed by atoms with Crippen LogP contribution >= 0.6 is 0 Å². The predicted molar refractivity (Wildman–Crippen MR) is 111 cm³/mol. The molecule has 0 radical (unpaired) electrons. The Morgan fingerprint density at radius 2 is 1.04 bits per heavy atom. The summed E-state index contributed by atoms with van der Waals surface area (Å²) in [5, 5.41) is 19.3. The quantitative estimate of drug-likeness (QED) is 0.360. The van der Waals surface area contributed by atoms with E-state index >= 15 is 0 Å². The molecule has 2 N–H and O–H groups in total. The van der Waals surface area contributed by atoms with E-state index in [1.54, 1.807) is 24.3 Å². The van der Waals surface area contributed by atoms with Crippen LogP contribution in [0.3, 0.4) is 0 Å². The molecule has 0 atom stereocenters. The minimum Gasteiger partial charge on any atom is -0.508 e. The van der Waals surface area contributed by atoms with Crippen LogP contribution in [0.2, 0.25) is 0 Å². The Balaban J connectivity index is 1.86. The third kappa shape index (κ3) is 5.13. The first-order valence-electron chi connectivity index (χ1n) is 9.84. The van der Waals surface area contributed by atoms with E-state index < -0.39 is 0 Å². The second kappa shape index (κ2) is 9.27. The molecule has 2 nitrogen and oxygen atoms in total. The fourth-order valence-corrected chi connectivity index (χ4v) is 3.54. The zero-order chi connectivity index (χ0) is 19.1. The monoisotopic (exact) mass is 360 g/mol. The molecule has 0 aliphatic heterocycles. The SMILES string of the molecule is CCCCCCc1ccc(C(c2ccc(O)cc2)c2ccc(O)cc2)cc1. The van der Waals surface area contributed by atoms with Gasteiger partial charge in [0.2, 0.25) is 0 Å². The fraction of sp³-hybridized carbons (Fsp3) is 0.280. The van der Waals surface area contributed by atoms with Crippen molar-refractivity contribution >= 4 is 0 Å². The normalized spacial score (nSPS) is 11.0. The van der Waals surface area contributed by atoms with E-state index in [0.717, 1.165) is 17.5 Å². The summed E-state index contributed by atoms with van der Waals surface area (Å²) in [7, 11) is 0. The number of phenols is 2. The lowest BCUT2D eigenvalue weighted by Crippen LogP contribution is -2.03. The standard InChI is InChI=1S/C25H28O2/c1-2-3-4-5-6-19-7-9-20(10-8-19)25(21-11-15-23(26)16-12-21)22-13-17-24(27)18-14-22/h7-18,25-27H,2-6H2,1H3. The van der Waals surface area contributed by atoms with Crippen LogP contribution in [0.15, 0.2) is 72.8 Å². The molecular formula is C25H28O2. The molecule has 0 aromatic heterocycles. The highest BCUT2D eigenvalue weighted by atomic mass is 16.3. The van der Waals surface area contributed by atoms with Crippen molar-refractivity contribution in [3.05, 3.63) is 95.1 Å². The molecule has 0 heterocycles. The lowest BCUT2D eigenvalue weighted by atomic mass is 9.84. The first-order chi connectivity index (χ1) is 13.2. The van der Waals surface area contributed by atoms with Gasteiger partial charge in [0.05, 0.1) is 0 Å². The Morgan fingerprint density at radius 3 is 1.48 bits per heavy atom. The number of aromatic hydroxyl groups is 2. The molecule has 0 amide bonds. The molecule has 3 rings (SSSR count). The Morgan fingerprint density at radius 1 is 0.593 bits per heavy atom. The number of hydrogen-bond acceptors (Lipinski definition) is 2. The van der Waals surface area contributed by atoms with E-state index in [1.807, 2.05) is 24.3 Å². The van der Waals surface area contributed by atoms with Crippen molar-refractivity contribution in [3.8, 4) is 11.5 Å². The van der Waals surface area contributed by atoms with Crippen LogP contribution in [-0.4, -0.2) is 10.2 Å². The van der Waals surface area contributed by atoms with Gasteiger partial charge in [-0.15, -0.1) is 0 Å². The van der Waals surface area contributed by atoms with Crippen LogP contribution in [-0.2, 0) is 6.42 Å². The number of benzene rings is 3. The molecule has 0 unspecified atom stereocenters. The van der Waals surface area contributed by atoms with Gasteiger partial charge in [0, 0.05) is 5.92 Å². The van der Waals surface area contributed by atoms with Gasteiger partial charge in [-0.2, -0.15) is 0 Å². The summed E-state index contributed by atoms with van der Waals surface area (Å²) in [5.41, 5.74) is 4.83. The molecule has 0 aliphatic carbocycles. The van der Waals surface area contributed by atoms with Gasteiger partial charge >= 0.3 is 0 Å². The largest absolute Gasteiger partial charge is 0.508 e. The number of rotatable bonds is 8. The fourth-order valence-electron chi connectivity index (χ4n) is 3.54. The molecule has 140 valence electrons. The van der Waals surface area contributed by atoms with Crippen molar-refractivity contribution in [2.75, 3.05) is 0 Å². The van der Waals surface area contributed by atoms with Crippen molar-refractivity contribution in [2.45, 2.75) is 44.9 Å². The van der Waals surface area contributed by atoms with E-state index in [4.69, 9.17) is 0 Å². The maximum absolute atomic E-state index is 9.64. The van der Waals surface area contributed by atoms with Crippen LogP contribution in [0.5, 0.6) is 11.5 Å². The highest BCUT2D eigenvalue weighted by Crippen LogP contribution is 2.33. The van der Waals surface area contributed by atoms with E-state index in [0.29, 0.717) is 0 Å². The van der Waals surface area contributed by atoms with Crippen molar-refractivity contribution in [2.24, 2.45) is 0 Å². The van der Waals surface area contributed by atoms with Crippen LogP contribution in [0.1, 0.15) is 60.8 Å². The Labute approximate surface area is 162 Å². The summed E-state index contributed by atoms with van der Waals surface area (Å²) in [6, 6.07) is 23.6. The molecule has 0 spiro atoms. The van der Waals surface area contributed by atoms with Gasteiger partial charge in [0.1, 0.15) is 11.5 Å². The molecule has 0 aliphatic rings. The lowest BCUT2D eigenvalue weighted by molar-refractivity contribution is 0.475. The summed E-state index contributed by atoms with van der Waals surface area (Å²) in [5.74, 6) is 0.608. The van der Waals surface area contributed by atoms with Gasteiger partial charge in [-0.3, -0.25) is 0 Å². The summed E-state index contributed by atoms with van der Waals surface area (Å²) in [4.78, 5) is 0. The van der Waals surface area contributed by atoms with Gasteiger partial charge in [-0.25, -0.2) is 0 Å². The molecule has 0 bridgehead atoms. The number of aryl methyl sites for hydroxylation is 1. The van der Waals surface area contributed by atoms with E-state index in [1.165, 1.54) is 36.8 Å². The Kier molecular flexibility index (Phi) is 6.54. The van der Waals surface area contributed by atoms with Crippen LogP contribution in [0.4, 0.5) is 0 Å². The van der Waals surface area contributed by atoms with Crippen molar-refractivity contribution in [3.63, 3.8) is 0 Å². The van der Waals surface area contributed by atoms with Crippen LogP contribution in [0.25, 0.3) is 0 Å². The second-order valence-electron chi connectivity index (χ2n) is 7.17. The molecular weight excluding hydrogens is 332 g/mol. The minimum atomic E-state index is 0.0698. The molecule has 2 heteroatoms. The van der Waals surface area contributed by atoms with Crippen LogP contribution in [0, 0.1) is 0 Å². The minimum absolute atomic E-state index is 0.0698. The average Bonchev–Trinajstić information content (AvgIpc) is 2.69. The second-order valence-corrected chi connectivity index (χ2v) is 7.17. The summed E-state index contributed by atoms with van der Waals surface area (Å²) < 4.78 is 0. The molecule has 27 heavy (non-hydrogen) atoms. The molecule has 0 fully saturated rings. The Hall–Kier alpha value is -2.74. The molecule has 0 saturated heterocycles. The number of unbranched alkanes of at least 4 members (excludes halogenated alkanes) is 3. The molecule has 3 aromatic carbocycles. The van der Waals surface area contributed by atoms with Gasteiger partial charge in [-0.1, -0.05) is 74.7 Å². The third-order valence-electron chi connectivity index (χ3n) is 5.08. The highest BCUT2D eigenvalue weighted by molar-refractivity contribution is 5.45. The highest BCUT2D eigenvalue weighted by Gasteiger charge is 2.17. The maximum Gasteiger partial charge on any atom is 0.115 e. The third-order valence-corrected chi connectivity index (χ3v) is 5.08. The van der Waals surface area contributed by atoms with Crippen molar-refractivity contribution in [1.82, 2.24) is 0 Å². The van der Waals surface area contributed by atoms with Crippen molar-refractivity contribution in [1.29, 1.82) is 0 Å². The van der Waals surface area contributed by atoms with E-state index in [2.05, 4.69) is 31.2 Å². The van der Waals surface area contributed by atoms with Crippen molar-refractivity contribution < 1.29 is 10.2 Å². The van der Waals surface area contributed by atoms with E-state index in [-0.39, 0.29) is 17.4 Å². The van der Waals surface area contributed by atoms with Gasteiger partial charge in [0.15, 0.2) is 0 Å². The lowest BCUT2D eigenvalue weighted by Gasteiger charge is -2.19. The summed E-state index contributed by atoms with van der Waals surface area (Å²) in [6.07, 6.45) is 6.24. The molecule has 3 aromatic rings. The summed E-state index contributed by atoms with van der Waals surface area (Å²) in [6.45, 7) is 2.24. The topological polar surface area (TPSA) is 40.5 Å². The maximum atomic E-state index is 9.64. The Bertz CT molecular complexity index is 772. The van der Waals surface area contributed by atoms with Gasteiger partial charge < -0.3 is 10.2 Å². The predicted octanol–water partition coefficient (Wildman–Crippen LogP) is 6.40. The average molecular weight is 360 g/mol. The zero-order valence-electron chi connectivity index (χ0n) is 15.9. The number of phenolic OH excluding ortho intramolecular Hbond substituents is 2. The first-order valence-corrected chi connectivity index (χ1v) is 9.84. The summed E-state index contributed by atoms with van der Waals surface area (Å²) >= 11 is 0. The number of hydrogen-bond donors (Lipinski definition) is 2. The molecule has 0 saturated carbocycles. The van der Waals surface area contributed by atoms with E-state index in [9.17, 15) is 10.2 Å². The van der Waals surface area contributed by atoms with Gasteiger partial charge in [0.25, 0.3) is 0 Å². The zero-order valence-corrected chi connectivity index (χ0v) is 15.9.